The second-order valence-corrected chi connectivity index (χ2v) is 0.594. The lowest BCUT2D eigenvalue weighted by Gasteiger charge is -1.78. The topological polar surface area (TPSA) is 66.4 Å². The zero-order valence-electron chi connectivity index (χ0n) is 3.25. The molecule has 0 aromatic carbocycles. The Morgan fingerprint density at radius 3 is 2.14 bits per heavy atom. The number of amides is 1. The van der Waals surface area contributed by atoms with E-state index in [1.54, 1.807) is 0 Å². The third kappa shape index (κ3) is 5.39. The number of carbonyl (C=O) groups excluding carboxylic acids is 2. The molecule has 1 amide bonds. The average Bonchev–Trinajstić information content (AvgIpc) is 1.65. The zero-order chi connectivity index (χ0) is 4.99. The first kappa shape index (κ1) is 9.63. The van der Waals surface area contributed by atoms with Crippen molar-refractivity contribution in [1.82, 2.24) is 5.48 Å². The fourth-order valence-corrected chi connectivity index (χ4v) is 0.0264. The second-order valence-electron chi connectivity index (χ2n) is 0.594. The number of aldehydes is 1. The van der Waals surface area contributed by atoms with Gasteiger partial charge in [0.2, 0.25) is 6.29 Å². The first-order valence-electron chi connectivity index (χ1n) is 1.20. The van der Waals surface area contributed by atoms with Gasteiger partial charge in [0.05, 0.1) is 0 Å². The number of carbonyl (C=O) groups is 2. The van der Waals surface area contributed by atoms with E-state index < -0.39 is 5.91 Å². The maximum absolute atomic E-state index is 9.45. The van der Waals surface area contributed by atoms with Crippen LogP contribution < -0.4 is 5.48 Å². The molecule has 2 N–H and O–H groups in total. The van der Waals surface area contributed by atoms with Gasteiger partial charge in [0.1, 0.15) is 0 Å². The van der Waals surface area contributed by atoms with Crippen LogP contribution in [-0.2, 0) is 9.59 Å². The van der Waals surface area contributed by atoms with Crippen LogP contribution in [0.3, 0.4) is 0 Å². The van der Waals surface area contributed by atoms with E-state index in [1.807, 2.05) is 0 Å². The van der Waals surface area contributed by atoms with Crippen molar-refractivity contribution in [2.45, 2.75) is 0 Å². The molecule has 0 heterocycles. The monoisotopic (exact) mass is 125 g/mol. The smallest absolute Gasteiger partial charge is 0.292 e. The fraction of sp³-hybridized carbons (Fsp3) is 0. The molecule has 0 aliphatic rings. The molecule has 5 heteroatoms. The molecule has 0 unspecified atom stereocenters. The van der Waals surface area contributed by atoms with Crippen LogP contribution in [-0.4, -0.2) is 17.4 Å². The van der Waals surface area contributed by atoms with Crippen molar-refractivity contribution in [2.75, 3.05) is 0 Å². The largest absolute Gasteiger partial charge is 0.307 e. The van der Waals surface area contributed by atoms with E-state index >= 15 is 0 Å². The SMILES string of the molecule is Cl.O=CC(=O)NO. The van der Waals surface area contributed by atoms with E-state index in [0.717, 1.165) is 5.48 Å². The Bertz CT molecular complexity index is 73.3. The molecule has 0 bridgehead atoms. The van der Waals surface area contributed by atoms with Gasteiger partial charge in [-0.1, -0.05) is 0 Å². The number of halogens is 1. The Kier molecular flexibility index (Phi) is 7.42. The van der Waals surface area contributed by atoms with Gasteiger partial charge in [-0.05, 0) is 0 Å². The lowest BCUT2D eigenvalue weighted by molar-refractivity contribution is -0.137. The van der Waals surface area contributed by atoms with Crippen molar-refractivity contribution in [3.05, 3.63) is 0 Å². The van der Waals surface area contributed by atoms with Crippen LogP contribution in [0.2, 0.25) is 0 Å². The van der Waals surface area contributed by atoms with E-state index in [9.17, 15) is 4.79 Å². The summed E-state index contributed by atoms with van der Waals surface area (Å²) >= 11 is 0. The Balaban J connectivity index is 0. The molecule has 0 spiro atoms. The van der Waals surface area contributed by atoms with Crippen LogP contribution in [0, 0.1) is 0 Å². The number of hydrogen-bond donors (Lipinski definition) is 2. The third-order valence-corrected chi connectivity index (χ3v) is 0.217. The normalized spacial score (nSPS) is 5.86. The van der Waals surface area contributed by atoms with E-state index in [4.69, 9.17) is 10.0 Å². The standard InChI is InChI=1S/C2H3NO3.ClH/c4-1-2(5)3-6;/h1,6H,(H,3,5);1H. The molecule has 0 fully saturated rings. The van der Waals surface area contributed by atoms with Crippen LogP contribution in [0.4, 0.5) is 0 Å². The van der Waals surface area contributed by atoms with Gasteiger partial charge in [-0.25, -0.2) is 5.48 Å². The van der Waals surface area contributed by atoms with Crippen molar-refractivity contribution in [3.63, 3.8) is 0 Å². The number of hydroxylamine groups is 1. The van der Waals surface area contributed by atoms with Crippen LogP contribution >= 0.6 is 12.4 Å². The molecule has 0 atom stereocenters. The number of rotatable bonds is 1. The molecule has 0 radical (unpaired) electrons. The summed E-state index contributed by atoms with van der Waals surface area (Å²) in [5, 5.41) is 7.50. The summed E-state index contributed by atoms with van der Waals surface area (Å²) in [6.45, 7) is 0. The first-order chi connectivity index (χ1) is 2.81. The average molecular weight is 126 g/mol. The summed E-state index contributed by atoms with van der Waals surface area (Å²) in [5.74, 6) is -1.03. The third-order valence-electron chi connectivity index (χ3n) is 0.217. The van der Waals surface area contributed by atoms with Gasteiger partial charge in [0, 0.05) is 0 Å². The van der Waals surface area contributed by atoms with Gasteiger partial charge < -0.3 is 0 Å². The van der Waals surface area contributed by atoms with Crippen LogP contribution in [0.1, 0.15) is 0 Å². The van der Waals surface area contributed by atoms with Crippen LogP contribution in [0.5, 0.6) is 0 Å². The minimum Gasteiger partial charge on any atom is -0.292 e. The van der Waals surface area contributed by atoms with E-state index in [-0.39, 0.29) is 18.7 Å². The zero-order valence-corrected chi connectivity index (χ0v) is 4.07. The van der Waals surface area contributed by atoms with E-state index in [0.29, 0.717) is 0 Å². The highest BCUT2D eigenvalue weighted by atomic mass is 35.5. The van der Waals surface area contributed by atoms with Gasteiger partial charge in [-0.3, -0.25) is 14.8 Å². The van der Waals surface area contributed by atoms with Gasteiger partial charge in [0.15, 0.2) is 0 Å². The fourth-order valence-electron chi connectivity index (χ4n) is 0.0264. The highest BCUT2D eigenvalue weighted by molar-refractivity contribution is 6.23. The molecule has 4 nitrogen and oxygen atoms in total. The van der Waals surface area contributed by atoms with E-state index in [2.05, 4.69) is 0 Å². The van der Waals surface area contributed by atoms with Crippen molar-refractivity contribution < 1.29 is 14.8 Å². The molecule has 0 saturated heterocycles. The Morgan fingerprint density at radius 2 is 2.14 bits per heavy atom. The van der Waals surface area contributed by atoms with Crippen molar-refractivity contribution in [2.24, 2.45) is 0 Å². The predicted molar refractivity (Wildman–Crippen MR) is 23.2 cm³/mol. The van der Waals surface area contributed by atoms with Crippen molar-refractivity contribution in [1.29, 1.82) is 0 Å². The highest BCUT2D eigenvalue weighted by Crippen LogP contribution is 1.42. The van der Waals surface area contributed by atoms with Gasteiger partial charge in [-0.15, -0.1) is 12.4 Å². The van der Waals surface area contributed by atoms with Crippen molar-refractivity contribution in [3.8, 4) is 0 Å². The van der Waals surface area contributed by atoms with Gasteiger partial charge in [-0.2, -0.15) is 0 Å². The number of nitrogens with one attached hydrogen (secondary N) is 1. The number of hydrogen-bond acceptors (Lipinski definition) is 3. The molecule has 0 aromatic heterocycles. The molecular weight excluding hydrogens is 121 g/mol. The molecule has 7 heavy (non-hydrogen) atoms. The minimum atomic E-state index is -1.03. The molecule has 0 rings (SSSR count). The summed E-state index contributed by atoms with van der Waals surface area (Å²) in [4.78, 5) is 18.6. The summed E-state index contributed by atoms with van der Waals surface area (Å²) in [7, 11) is 0. The van der Waals surface area contributed by atoms with Crippen LogP contribution in [0.25, 0.3) is 0 Å². The Hall–Kier alpha value is -0.610. The van der Waals surface area contributed by atoms with Gasteiger partial charge in [0.25, 0.3) is 0 Å². The Labute approximate surface area is 45.9 Å². The van der Waals surface area contributed by atoms with Gasteiger partial charge >= 0.3 is 5.91 Å². The Morgan fingerprint density at radius 1 is 1.71 bits per heavy atom. The lowest BCUT2D eigenvalue weighted by Crippen LogP contribution is -2.18. The predicted octanol–water partition coefficient (Wildman–Crippen LogP) is -0.888. The quantitative estimate of drug-likeness (QED) is 0.207. The molecule has 0 aliphatic heterocycles. The van der Waals surface area contributed by atoms with Crippen LogP contribution in [0.15, 0.2) is 0 Å². The molecule has 0 aliphatic carbocycles. The molecule has 42 valence electrons. The summed E-state index contributed by atoms with van der Waals surface area (Å²) < 4.78 is 0. The summed E-state index contributed by atoms with van der Waals surface area (Å²) in [5.41, 5.74) is 1.11. The minimum absolute atomic E-state index is 0. The van der Waals surface area contributed by atoms with E-state index in [1.165, 1.54) is 0 Å². The summed E-state index contributed by atoms with van der Waals surface area (Å²) in [6.07, 6.45) is -0.0278. The first-order valence-corrected chi connectivity index (χ1v) is 1.20. The maximum Gasteiger partial charge on any atom is 0.307 e. The highest BCUT2D eigenvalue weighted by Gasteiger charge is 1.86. The molecule has 0 saturated carbocycles. The molecular formula is C2H4ClNO3. The second kappa shape index (κ2) is 5.39. The lowest BCUT2D eigenvalue weighted by atomic mass is 10.7. The van der Waals surface area contributed by atoms with Crippen molar-refractivity contribution >= 4 is 24.6 Å². The summed E-state index contributed by atoms with van der Waals surface area (Å²) in [6, 6.07) is 0. The maximum atomic E-state index is 9.45. The molecule has 0 aromatic rings.